The number of aryl methyl sites for hydroxylation is 1. The number of aromatic hydroxyl groups is 1. The van der Waals surface area contributed by atoms with Crippen molar-refractivity contribution in [1.82, 2.24) is 4.57 Å². The molecule has 2 heterocycles. The smallest absolute Gasteiger partial charge is 0.116 e. The SMILES string of the molecule is Oc1ccc2c(c1)cc1n2CCCC1O. The van der Waals surface area contributed by atoms with E-state index < -0.39 is 0 Å². The zero-order valence-electron chi connectivity index (χ0n) is 8.35. The lowest BCUT2D eigenvalue weighted by Gasteiger charge is -2.20. The van der Waals surface area contributed by atoms with Gasteiger partial charge < -0.3 is 14.8 Å². The first-order chi connectivity index (χ1) is 7.25. The van der Waals surface area contributed by atoms with Gasteiger partial charge in [0, 0.05) is 23.1 Å². The van der Waals surface area contributed by atoms with Crippen LogP contribution in [0.4, 0.5) is 0 Å². The number of aromatic nitrogens is 1. The Balaban J connectivity index is 2.30. The lowest BCUT2D eigenvalue weighted by atomic mass is 10.1. The van der Waals surface area contributed by atoms with Crippen LogP contribution < -0.4 is 0 Å². The van der Waals surface area contributed by atoms with E-state index in [0.29, 0.717) is 0 Å². The molecule has 0 saturated heterocycles. The molecule has 0 bridgehead atoms. The fourth-order valence-electron chi connectivity index (χ4n) is 2.40. The molecule has 0 fully saturated rings. The number of hydrogen-bond acceptors (Lipinski definition) is 2. The Morgan fingerprint density at radius 3 is 3.00 bits per heavy atom. The van der Waals surface area contributed by atoms with E-state index in [9.17, 15) is 10.2 Å². The topological polar surface area (TPSA) is 45.4 Å². The number of aliphatic hydroxyl groups is 1. The van der Waals surface area contributed by atoms with Crippen LogP contribution in [0.5, 0.6) is 5.75 Å². The summed E-state index contributed by atoms with van der Waals surface area (Å²) in [6.07, 6.45) is 1.49. The highest BCUT2D eigenvalue weighted by Gasteiger charge is 2.20. The van der Waals surface area contributed by atoms with Gasteiger partial charge in [0.2, 0.25) is 0 Å². The van der Waals surface area contributed by atoms with E-state index in [1.165, 1.54) is 0 Å². The van der Waals surface area contributed by atoms with Gasteiger partial charge in [-0.1, -0.05) is 0 Å². The number of fused-ring (bicyclic) bond motifs is 3. The number of phenols is 1. The highest BCUT2D eigenvalue weighted by Crippen LogP contribution is 2.32. The summed E-state index contributed by atoms with van der Waals surface area (Å²) in [5, 5.41) is 20.2. The number of phenolic OH excluding ortho intramolecular Hbond substituents is 1. The van der Waals surface area contributed by atoms with Crippen LogP contribution in [-0.2, 0) is 6.54 Å². The molecular weight excluding hydrogens is 190 g/mol. The Labute approximate surface area is 87.6 Å². The molecule has 1 aromatic heterocycles. The molecule has 0 saturated carbocycles. The molecule has 1 aliphatic rings. The molecule has 1 atom stereocenters. The first kappa shape index (κ1) is 8.80. The molecule has 3 rings (SSSR count). The molecule has 1 unspecified atom stereocenters. The van der Waals surface area contributed by atoms with Crippen LogP contribution in [0.15, 0.2) is 24.3 Å². The van der Waals surface area contributed by atoms with Crippen molar-refractivity contribution in [2.45, 2.75) is 25.5 Å². The van der Waals surface area contributed by atoms with Crippen LogP contribution in [0.25, 0.3) is 10.9 Å². The zero-order valence-corrected chi connectivity index (χ0v) is 8.35. The van der Waals surface area contributed by atoms with Gasteiger partial charge in [0.05, 0.1) is 6.10 Å². The van der Waals surface area contributed by atoms with E-state index in [0.717, 1.165) is 36.0 Å². The first-order valence-corrected chi connectivity index (χ1v) is 5.26. The van der Waals surface area contributed by atoms with E-state index in [1.54, 1.807) is 12.1 Å². The van der Waals surface area contributed by atoms with Crippen molar-refractivity contribution < 1.29 is 10.2 Å². The number of nitrogens with zero attached hydrogens (tertiary/aromatic N) is 1. The van der Waals surface area contributed by atoms with Gasteiger partial charge in [-0.05, 0) is 37.1 Å². The predicted molar refractivity (Wildman–Crippen MR) is 57.8 cm³/mol. The van der Waals surface area contributed by atoms with E-state index in [2.05, 4.69) is 4.57 Å². The molecule has 2 N–H and O–H groups in total. The summed E-state index contributed by atoms with van der Waals surface area (Å²) in [6.45, 7) is 0.959. The third kappa shape index (κ3) is 1.23. The maximum absolute atomic E-state index is 9.85. The van der Waals surface area contributed by atoms with Crippen LogP contribution in [-0.4, -0.2) is 14.8 Å². The zero-order chi connectivity index (χ0) is 10.4. The molecular formula is C12H13NO2. The molecule has 0 amide bonds. The predicted octanol–water partition coefficient (Wildman–Crippen LogP) is 2.17. The molecule has 1 aliphatic heterocycles. The lowest BCUT2D eigenvalue weighted by Crippen LogP contribution is -2.14. The fourth-order valence-corrected chi connectivity index (χ4v) is 2.40. The van der Waals surface area contributed by atoms with Gasteiger partial charge >= 0.3 is 0 Å². The molecule has 78 valence electrons. The average molecular weight is 203 g/mol. The van der Waals surface area contributed by atoms with Gasteiger partial charge in [0.15, 0.2) is 0 Å². The molecule has 0 aliphatic carbocycles. The highest BCUT2D eigenvalue weighted by molar-refractivity contribution is 5.83. The molecule has 1 aromatic carbocycles. The van der Waals surface area contributed by atoms with Gasteiger partial charge in [-0.2, -0.15) is 0 Å². The molecule has 3 nitrogen and oxygen atoms in total. The average Bonchev–Trinajstić information content (AvgIpc) is 2.57. The monoisotopic (exact) mass is 203 g/mol. The van der Waals surface area contributed by atoms with Crippen LogP contribution in [0.2, 0.25) is 0 Å². The maximum Gasteiger partial charge on any atom is 0.116 e. The van der Waals surface area contributed by atoms with Gasteiger partial charge in [0.25, 0.3) is 0 Å². The Morgan fingerprint density at radius 2 is 2.13 bits per heavy atom. The first-order valence-electron chi connectivity index (χ1n) is 5.26. The van der Waals surface area contributed by atoms with Crippen molar-refractivity contribution in [3.05, 3.63) is 30.0 Å². The second-order valence-corrected chi connectivity index (χ2v) is 4.12. The Hall–Kier alpha value is -1.48. The van der Waals surface area contributed by atoms with E-state index in [1.807, 2.05) is 12.1 Å². The number of benzene rings is 1. The molecule has 2 aromatic rings. The molecule has 0 spiro atoms. The van der Waals surface area contributed by atoms with E-state index in [4.69, 9.17) is 0 Å². The molecule has 0 radical (unpaired) electrons. The van der Waals surface area contributed by atoms with Crippen LogP contribution in [0, 0.1) is 0 Å². The summed E-state index contributed by atoms with van der Waals surface area (Å²) in [7, 11) is 0. The summed E-state index contributed by atoms with van der Waals surface area (Å²) in [5.74, 6) is 0.278. The van der Waals surface area contributed by atoms with Crippen LogP contribution >= 0.6 is 0 Å². The third-order valence-electron chi connectivity index (χ3n) is 3.12. The van der Waals surface area contributed by atoms with Gasteiger partial charge in [0.1, 0.15) is 5.75 Å². The van der Waals surface area contributed by atoms with Crippen molar-refractivity contribution in [3.63, 3.8) is 0 Å². The normalized spacial score (nSPS) is 20.5. The van der Waals surface area contributed by atoms with E-state index in [-0.39, 0.29) is 11.9 Å². The number of hydrogen-bond donors (Lipinski definition) is 2. The van der Waals surface area contributed by atoms with E-state index >= 15 is 0 Å². The maximum atomic E-state index is 9.85. The lowest BCUT2D eigenvalue weighted by molar-refractivity contribution is 0.140. The summed E-state index contributed by atoms with van der Waals surface area (Å²) in [6, 6.07) is 7.31. The standard InChI is InChI=1S/C12H13NO2/c14-9-3-4-10-8(6-9)7-11-12(15)2-1-5-13(10)11/h3-4,6-7,12,14-15H,1-2,5H2. The third-order valence-corrected chi connectivity index (χ3v) is 3.12. The largest absolute Gasteiger partial charge is 0.508 e. The quantitative estimate of drug-likeness (QED) is 0.689. The Morgan fingerprint density at radius 1 is 1.27 bits per heavy atom. The van der Waals surface area contributed by atoms with Crippen molar-refractivity contribution in [1.29, 1.82) is 0 Å². The van der Waals surface area contributed by atoms with Crippen LogP contribution in [0.3, 0.4) is 0 Å². The molecule has 15 heavy (non-hydrogen) atoms. The summed E-state index contributed by atoms with van der Waals surface area (Å²) in [4.78, 5) is 0. The Kier molecular flexibility index (Phi) is 1.76. The minimum atomic E-state index is -0.353. The second-order valence-electron chi connectivity index (χ2n) is 4.12. The summed E-state index contributed by atoms with van der Waals surface area (Å²) < 4.78 is 2.14. The van der Waals surface area contributed by atoms with Gasteiger partial charge in [-0.15, -0.1) is 0 Å². The minimum Gasteiger partial charge on any atom is -0.508 e. The summed E-state index contributed by atoms with van der Waals surface area (Å²) in [5.41, 5.74) is 2.07. The van der Waals surface area contributed by atoms with Gasteiger partial charge in [-0.25, -0.2) is 0 Å². The number of rotatable bonds is 0. The Bertz CT molecular complexity index is 516. The van der Waals surface area contributed by atoms with Crippen molar-refractivity contribution in [2.24, 2.45) is 0 Å². The molecule has 3 heteroatoms. The number of aliphatic hydroxyl groups excluding tert-OH is 1. The highest BCUT2D eigenvalue weighted by atomic mass is 16.3. The van der Waals surface area contributed by atoms with Gasteiger partial charge in [-0.3, -0.25) is 0 Å². The second kappa shape index (κ2) is 3.00. The summed E-state index contributed by atoms with van der Waals surface area (Å²) >= 11 is 0. The minimum absolute atomic E-state index is 0.278. The van der Waals surface area contributed by atoms with Crippen molar-refractivity contribution >= 4 is 10.9 Å². The van der Waals surface area contributed by atoms with Crippen molar-refractivity contribution in [2.75, 3.05) is 0 Å². The van der Waals surface area contributed by atoms with Crippen LogP contribution in [0.1, 0.15) is 24.6 Å². The van der Waals surface area contributed by atoms with Crippen molar-refractivity contribution in [3.8, 4) is 5.75 Å². The fraction of sp³-hybridized carbons (Fsp3) is 0.333.